The van der Waals surface area contributed by atoms with Crippen LogP contribution in [0.3, 0.4) is 0 Å². The van der Waals surface area contributed by atoms with Gasteiger partial charge in [0.25, 0.3) is 5.91 Å². The quantitative estimate of drug-likeness (QED) is 0.675. The van der Waals surface area contributed by atoms with Crippen molar-refractivity contribution in [2.45, 2.75) is 45.4 Å². The summed E-state index contributed by atoms with van der Waals surface area (Å²) >= 11 is 6.14. The molecular weight excluding hydrogens is 370 g/mol. The van der Waals surface area contributed by atoms with Crippen LogP contribution < -0.4 is 10.1 Å². The molecule has 1 N–H and O–H groups in total. The van der Waals surface area contributed by atoms with Crippen molar-refractivity contribution in [3.05, 3.63) is 69.6 Å². The summed E-state index contributed by atoms with van der Waals surface area (Å²) in [7, 11) is 0. The first kappa shape index (κ1) is 19.1. The van der Waals surface area contributed by atoms with Gasteiger partial charge < -0.3 is 10.1 Å². The molecule has 4 heteroatoms. The molecule has 2 aromatic rings. The molecule has 1 aliphatic heterocycles. The van der Waals surface area contributed by atoms with Crippen LogP contribution in [0.1, 0.15) is 48.8 Å². The maximum atomic E-state index is 12.7. The van der Waals surface area contributed by atoms with Gasteiger partial charge in [0.15, 0.2) is 0 Å². The fourth-order valence-electron chi connectivity index (χ4n) is 4.01. The van der Waals surface area contributed by atoms with Crippen LogP contribution >= 0.6 is 11.6 Å². The highest BCUT2D eigenvalue weighted by Gasteiger charge is 2.19. The Hall–Kier alpha value is -2.26. The van der Waals surface area contributed by atoms with Gasteiger partial charge in [-0.05, 0) is 73.6 Å². The van der Waals surface area contributed by atoms with Gasteiger partial charge in [0.05, 0.1) is 5.57 Å². The number of carbonyl (C=O) groups excluding carboxylic acids is 1. The smallest absolute Gasteiger partial charge is 0.255 e. The number of halogens is 1. The Morgan fingerprint density at radius 3 is 2.61 bits per heavy atom. The second-order valence-electron chi connectivity index (χ2n) is 7.74. The molecule has 1 heterocycles. The zero-order valence-corrected chi connectivity index (χ0v) is 16.9. The number of ether oxygens (including phenoxy) is 1. The zero-order valence-electron chi connectivity index (χ0n) is 16.2. The third-order valence-electron chi connectivity index (χ3n) is 5.49. The maximum absolute atomic E-state index is 12.7. The summed E-state index contributed by atoms with van der Waals surface area (Å²) in [4.78, 5) is 12.7. The molecule has 0 atom stereocenters. The molecule has 0 bridgehead atoms. The molecule has 1 amide bonds. The van der Waals surface area contributed by atoms with Crippen molar-refractivity contribution in [1.29, 1.82) is 0 Å². The molecule has 1 fully saturated rings. The summed E-state index contributed by atoms with van der Waals surface area (Å²) in [5, 5.41) is 3.62. The lowest BCUT2D eigenvalue weighted by atomic mass is 9.85. The minimum atomic E-state index is -0.141. The number of hydrogen-bond donors (Lipinski definition) is 1. The predicted molar refractivity (Wildman–Crippen MR) is 115 cm³/mol. The molecule has 2 aromatic carbocycles. The van der Waals surface area contributed by atoms with E-state index in [0.29, 0.717) is 10.6 Å². The van der Waals surface area contributed by atoms with Crippen molar-refractivity contribution in [3.8, 4) is 5.75 Å². The minimum absolute atomic E-state index is 0.141. The number of nitrogens with one attached hydrogen (secondary N) is 1. The number of fused-ring (bicyclic) bond motifs is 1. The molecule has 0 saturated heterocycles. The summed E-state index contributed by atoms with van der Waals surface area (Å²) in [5.41, 5.74) is 4.53. The standard InChI is InChI=1S/C24H25ClNO2/c1-16-11-21(25)14-19-13-20(15-28-23(16)19)24(27)26-22-9-7-18(8-10-22)12-17-5-3-2-4-6-17/h7-11,13-14H,2-6,12,15H2,1H3,(H,26,27). The number of anilines is 1. The molecule has 1 radical (unpaired) electrons. The van der Waals surface area contributed by atoms with Gasteiger partial charge in [-0.1, -0.05) is 43.0 Å². The minimum Gasteiger partial charge on any atom is -0.488 e. The van der Waals surface area contributed by atoms with Crippen molar-refractivity contribution < 1.29 is 9.53 Å². The first-order chi connectivity index (χ1) is 13.6. The Morgan fingerprint density at radius 1 is 1.11 bits per heavy atom. The highest BCUT2D eigenvalue weighted by atomic mass is 35.5. The van der Waals surface area contributed by atoms with Crippen molar-refractivity contribution >= 4 is 29.3 Å². The van der Waals surface area contributed by atoms with E-state index in [0.717, 1.165) is 29.0 Å². The Labute approximate surface area is 171 Å². The fourth-order valence-corrected chi connectivity index (χ4v) is 4.29. The van der Waals surface area contributed by atoms with Crippen molar-refractivity contribution in [2.75, 3.05) is 11.9 Å². The van der Waals surface area contributed by atoms with Gasteiger partial charge in [-0.2, -0.15) is 0 Å². The average Bonchev–Trinajstić information content (AvgIpc) is 2.69. The van der Waals surface area contributed by atoms with Crippen LogP contribution in [0, 0.1) is 12.8 Å². The summed E-state index contributed by atoms with van der Waals surface area (Å²) in [5.74, 6) is 2.31. The van der Waals surface area contributed by atoms with Crippen LogP contribution in [0.2, 0.25) is 5.02 Å². The third kappa shape index (κ3) is 4.41. The molecule has 1 aliphatic carbocycles. The second-order valence-corrected chi connectivity index (χ2v) is 8.17. The van der Waals surface area contributed by atoms with E-state index in [1.165, 1.54) is 37.7 Å². The number of amides is 1. The van der Waals surface area contributed by atoms with E-state index in [1.807, 2.05) is 37.3 Å². The zero-order chi connectivity index (χ0) is 19.5. The molecule has 0 unspecified atom stereocenters. The van der Waals surface area contributed by atoms with Gasteiger partial charge in [-0.3, -0.25) is 4.79 Å². The predicted octanol–water partition coefficient (Wildman–Crippen LogP) is 6.14. The Kier molecular flexibility index (Phi) is 5.72. The summed E-state index contributed by atoms with van der Waals surface area (Å²) in [6.07, 6.45) is 9.47. The molecule has 3 nitrogen and oxygen atoms in total. The van der Waals surface area contributed by atoms with E-state index in [-0.39, 0.29) is 12.5 Å². The van der Waals surface area contributed by atoms with Crippen LogP contribution in [-0.2, 0) is 11.2 Å². The van der Waals surface area contributed by atoms with E-state index in [9.17, 15) is 4.79 Å². The lowest BCUT2D eigenvalue weighted by Gasteiger charge is -2.21. The second kappa shape index (κ2) is 8.40. The first-order valence-corrected chi connectivity index (χ1v) is 10.3. The van der Waals surface area contributed by atoms with Crippen molar-refractivity contribution in [3.63, 3.8) is 0 Å². The molecular formula is C24H25ClNO2. The summed E-state index contributed by atoms with van der Waals surface area (Å²) in [6.45, 7) is 2.22. The molecule has 0 spiro atoms. The summed E-state index contributed by atoms with van der Waals surface area (Å²) in [6, 6.07) is 11.9. The molecule has 1 saturated carbocycles. The lowest BCUT2D eigenvalue weighted by molar-refractivity contribution is -0.113. The number of aryl methyl sites for hydroxylation is 1. The Bertz CT molecular complexity index is 896. The number of benzene rings is 2. The van der Waals surface area contributed by atoms with E-state index < -0.39 is 0 Å². The lowest BCUT2D eigenvalue weighted by Crippen LogP contribution is -2.21. The number of rotatable bonds is 4. The van der Waals surface area contributed by atoms with Crippen LogP contribution in [0.25, 0.3) is 6.08 Å². The number of carbonyl (C=O) groups is 1. The highest BCUT2D eigenvalue weighted by Crippen LogP contribution is 2.33. The van der Waals surface area contributed by atoms with E-state index >= 15 is 0 Å². The van der Waals surface area contributed by atoms with Gasteiger partial charge in [0.1, 0.15) is 12.4 Å². The Morgan fingerprint density at radius 2 is 1.86 bits per heavy atom. The van der Waals surface area contributed by atoms with Crippen LogP contribution in [0.5, 0.6) is 5.75 Å². The van der Waals surface area contributed by atoms with E-state index in [4.69, 9.17) is 16.3 Å². The van der Waals surface area contributed by atoms with Gasteiger partial charge in [0.2, 0.25) is 0 Å². The molecule has 28 heavy (non-hydrogen) atoms. The van der Waals surface area contributed by atoms with Crippen LogP contribution in [0.15, 0.2) is 42.0 Å². The molecule has 0 aromatic heterocycles. The molecule has 145 valence electrons. The topological polar surface area (TPSA) is 38.3 Å². The van der Waals surface area contributed by atoms with Crippen LogP contribution in [0.4, 0.5) is 5.69 Å². The van der Waals surface area contributed by atoms with Crippen molar-refractivity contribution in [1.82, 2.24) is 0 Å². The molecule has 2 aliphatic rings. The van der Waals surface area contributed by atoms with Crippen LogP contribution in [-0.4, -0.2) is 12.5 Å². The average molecular weight is 395 g/mol. The third-order valence-corrected chi connectivity index (χ3v) is 5.71. The largest absolute Gasteiger partial charge is 0.488 e. The first-order valence-electron chi connectivity index (χ1n) is 9.96. The normalized spacial score (nSPS) is 16.7. The fraction of sp³-hybridized carbons (Fsp3) is 0.333. The van der Waals surface area contributed by atoms with E-state index in [2.05, 4.69) is 17.4 Å². The van der Waals surface area contributed by atoms with Crippen molar-refractivity contribution in [2.24, 2.45) is 0 Å². The van der Waals surface area contributed by atoms with E-state index in [1.54, 1.807) is 5.92 Å². The Balaban J connectivity index is 1.41. The monoisotopic (exact) mass is 394 g/mol. The summed E-state index contributed by atoms with van der Waals surface area (Å²) < 4.78 is 5.79. The molecule has 4 rings (SSSR count). The maximum Gasteiger partial charge on any atom is 0.255 e. The van der Waals surface area contributed by atoms with Gasteiger partial charge in [-0.15, -0.1) is 0 Å². The number of hydrogen-bond acceptors (Lipinski definition) is 2. The highest BCUT2D eigenvalue weighted by molar-refractivity contribution is 6.31. The van der Waals surface area contributed by atoms with Gasteiger partial charge in [0, 0.05) is 16.3 Å². The van der Waals surface area contributed by atoms with Gasteiger partial charge >= 0.3 is 0 Å². The SMILES string of the molecule is Cc1cc(Cl)cc2c1OCC(C(=O)Nc1ccc(C[C]3CCCCC3)cc1)=C2. The van der Waals surface area contributed by atoms with Gasteiger partial charge in [-0.25, -0.2) is 0 Å².